The van der Waals surface area contributed by atoms with Gasteiger partial charge in [0.05, 0.1) is 22.4 Å². The largest absolute Gasteiger partial charge is 0.456 e. The van der Waals surface area contributed by atoms with E-state index in [1.54, 1.807) is 0 Å². The number of hydrogen-bond donors (Lipinski definition) is 0. The molecule has 11 rings (SSSR count). The second kappa shape index (κ2) is 12.6. The SMILES string of the molecule is c1ccc(-c2ccc(-c3nc(-c4cccc(-c5c6c(cc7c(-c8ccccc8)nc8ccccc8c57)oc5ccccc56)c4)c4ccccc4n3)cc2)cc1. The van der Waals surface area contributed by atoms with Gasteiger partial charge in [0, 0.05) is 54.6 Å². The summed E-state index contributed by atoms with van der Waals surface area (Å²) < 4.78 is 6.65. The standard InChI is InChI=1S/C51H31N3O/c1-3-14-32(15-4-1)33-26-28-35(29-27-33)51-53-43-24-11-8-21-39(43)50(54-51)37-19-13-18-36(30-37)46-47-38-20-7-10-23-42(38)52-49(34-16-5-2-6-17-34)41(47)31-45-48(46)40-22-9-12-25-44(40)55-45/h1-31H. The number of fused-ring (bicyclic) bond motifs is 7. The van der Waals surface area contributed by atoms with Gasteiger partial charge in [-0.05, 0) is 47.0 Å². The van der Waals surface area contributed by atoms with Crippen LogP contribution in [0.3, 0.4) is 0 Å². The highest BCUT2D eigenvalue weighted by Crippen LogP contribution is 2.47. The molecule has 0 fully saturated rings. The Morgan fingerprint density at radius 1 is 0.309 bits per heavy atom. The van der Waals surface area contributed by atoms with Crippen molar-refractivity contribution in [3.63, 3.8) is 0 Å². The van der Waals surface area contributed by atoms with Gasteiger partial charge >= 0.3 is 0 Å². The van der Waals surface area contributed by atoms with Crippen LogP contribution in [0, 0.1) is 0 Å². The summed E-state index contributed by atoms with van der Waals surface area (Å²) in [5, 5.41) is 6.46. The summed E-state index contributed by atoms with van der Waals surface area (Å²) in [6.45, 7) is 0. The van der Waals surface area contributed by atoms with Gasteiger partial charge in [-0.1, -0.05) is 158 Å². The number of aromatic nitrogens is 3. The molecule has 11 aromatic rings. The minimum atomic E-state index is 0.691. The first kappa shape index (κ1) is 31.1. The van der Waals surface area contributed by atoms with Gasteiger partial charge in [-0.2, -0.15) is 0 Å². The topological polar surface area (TPSA) is 51.8 Å². The zero-order valence-electron chi connectivity index (χ0n) is 29.6. The fourth-order valence-corrected chi connectivity index (χ4v) is 8.11. The van der Waals surface area contributed by atoms with Crippen LogP contribution in [-0.4, -0.2) is 15.0 Å². The maximum absolute atomic E-state index is 6.65. The van der Waals surface area contributed by atoms with Crippen molar-refractivity contribution in [1.29, 1.82) is 0 Å². The van der Waals surface area contributed by atoms with Crippen LogP contribution in [0.25, 0.3) is 111 Å². The molecular weight excluding hydrogens is 671 g/mol. The molecule has 4 heteroatoms. The summed E-state index contributed by atoms with van der Waals surface area (Å²) >= 11 is 0. The first-order chi connectivity index (χ1) is 27.3. The van der Waals surface area contributed by atoms with Crippen LogP contribution >= 0.6 is 0 Å². The second-order valence-electron chi connectivity index (χ2n) is 13.9. The minimum Gasteiger partial charge on any atom is -0.456 e. The van der Waals surface area contributed by atoms with Crippen LogP contribution in [0.4, 0.5) is 0 Å². The molecule has 3 heterocycles. The summed E-state index contributed by atoms with van der Waals surface area (Å²) in [6, 6.07) is 65.5. The van der Waals surface area contributed by atoms with Crippen LogP contribution in [0.5, 0.6) is 0 Å². The number of para-hydroxylation sites is 3. The molecule has 4 nitrogen and oxygen atoms in total. The summed E-state index contributed by atoms with van der Waals surface area (Å²) in [5.74, 6) is 0.691. The molecule has 0 aliphatic heterocycles. The fourth-order valence-electron chi connectivity index (χ4n) is 8.11. The van der Waals surface area contributed by atoms with E-state index in [4.69, 9.17) is 19.4 Å². The van der Waals surface area contributed by atoms with Gasteiger partial charge in [-0.3, -0.25) is 0 Å². The van der Waals surface area contributed by atoms with Gasteiger partial charge < -0.3 is 4.42 Å². The lowest BCUT2D eigenvalue weighted by Gasteiger charge is -2.16. The fraction of sp³-hybridized carbons (Fsp3) is 0. The summed E-state index contributed by atoms with van der Waals surface area (Å²) in [7, 11) is 0. The Bertz CT molecular complexity index is 3240. The first-order valence-corrected chi connectivity index (χ1v) is 18.5. The third-order valence-corrected chi connectivity index (χ3v) is 10.7. The van der Waals surface area contributed by atoms with E-state index in [2.05, 4.69) is 164 Å². The molecule has 0 atom stereocenters. The predicted octanol–water partition coefficient (Wildman–Crippen LogP) is 13.6. The van der Waals surface area contributed by atoms with Crippen molar-refractivity contribution in [2.45, 2.75) is 0 Å². The zero-order valence-corrected chi connectivity index (χ0v) is 29.6. The Morgan fingerprint density at radius 2 is 0.873 bits per heavy atom. The summed E-state index contributed by atoms with van der Waals surface area (Å²) in [6.07, 6.45) is 0. The smallest absolute Gasteiger partial charge is 0.160 e. The van der Waals surface area contributed by atoms with Crippen LogP contribution in [-0.2, 0) is 0 Å². The lowest BCUT2D eigenvalue weighted by atomic mass is 9.88. The maximum atomic E-state index is 6.65. The van der Waals surface area contributed by atoms with Crippen LogP contribution in [0.15, 0.2) is 192 Å². The Labute approximate surface area is 317 Å². The van der Waals surface area contributed by atoms with Gasteiger partial charge in [0.25, 0.3) is 0 Å². The monoisotopic (exact) mass is 701 g/mol. The van der Waals surface area contributed by atoms with E-state index in [9.17, 15) is 0 Å². The molecule has 0 aliphatic carbocycles. The van der Waals surface area contributed by atoms with Crippen molar-refractivity contribution in [3.05, 3.63) is 188 Å². The van der Waals surface area contributed by atoms with Crippen LogP contribution in [0.1, 0.15) is 0 Å². The average Bonchev–Trinajstić information content (AvgIpc) is 3.64. The molecule has 0 saturated heterocycles. The van der Waals surface area contributed by atoms with Crippen molar-refractivity contribution >= 4 is 54.5 Å². The zero-order chi connectivity index (χ0) is 36.3. The van der Waals surface area contributed by atoms with Gasteiger partial charge in [-0.25, -0.2) is 15.0 Å². The quantitative estimate of drug-likeness (QED) is 0.168. The Kier molecular flexibility index (Phi) is 7.14. The Hall–Kier alpha value is -7.43. The van der Waals surface area contributed by atoms with Gasteiger partial charge in [0.1, 0.15) is 11.2 Å². The normalized spacial score (nSPS) is 11.6. The van der Waals surface area contributed by atoms with Gasteiger partial charge in [0.15, 0.2) is 5.82 Å². The molecule has 0 saturated carbocycles. The van der Waals surface area contributed by atoms with Crippen molar-refractivity contribution in [2.75, 3.05) is 0 Å². The van der Waals surface area contributed by atoms with Gasteiger partial charge in [-0.15, -0.1) is 0 Å². The van der Waals surface area contributed by atoms with E-state index in [1.165, 1.54) is 5.56 Å². The van der Waals surface area contributed by atoms with E-state index >= 15 is 0 Å². The van der Waals surface area contributed by atoms with Crippen LogP contribution in [0.2, 0.25) is 0 Å². The van der Waals surface area contributed by atoms with Gasteiger partial charge in [0.2, 0.25) is 0 Å². The number of nitrogens with zero attached hydrogens (tertiary/aromatic N) is 3. The number of hydrogen-bond acceptors (Lipinski definition) is 4. The lowest BCUT2D eigenvalue weighted by Crippen LogP contribution is -1.96. The highest BCUT2D eigenvalue weighted by atomic mass is 16.3. The molecule has 0 amide bonds. The van der Waals surface area contributed by atoms with E-state index in [0.717, 1.165) is 99.3 Å². The molecule has 3 aromatic heterocycles. The first-order valence-electron chi connectivity index (χ1n) is 18.5. The van der Waals surface area contributed by atoms with Crippen LogP contribution < -0.4 is 0 Å². The predicted molar refractivity (Wildman–Crippen MR) is 227 cm³/mol. The molecule has 0 bridgehead atoms. The van der Waals surface area contributed by atoms with E-state index < -0.39 is 0 Å². The minimum absolute atomic E-state index is 0.691. The highest BCUT2D eigenvalue weighted by molar-refractivity contribution is 6.27. The molecule has 0 spiro atoms. The lowest BCUT2D eigenvalue weighted by molar-refractivity contribution is 0.669. The van der Waals surface area contributed by atoms with E-state index in [0.29, 0.717) is 5.82 Å². The number of furan rings is 1. The molecule has 0 aliphatic rings. The maximum Gasteiger partial charge on any atom is 0.160 e. The van der Waals surface area contributed by atoms with Crippen molar-refractivity contribution < 1.29 is 4.42 Å². The molecule has 0 N–H and O–H groups in total. The van der Waals surface area contributed by atoms with E-state index in [1.807, 2.05) is 24.3 Å². The molecule has 8 aromatic carbocycles. The molecule has 256 valence electrons. The van der Waals surface area contributed by atoms with Crippen molar-refractivity contribution in [1.82, 2.24) is 15.0 Å². The molecule has 0 unspecified atom stereocenters. The highest BCUT2D eigenvalue weighted by Gasteiger charge is 2.22. The third kappa shape index (κ3) is 5.19. The van der Waals surface area contributed by atoms with Crippen molar-refractivity contribution in [3.8, 4) is 56.2 Å². The second-order valence-corrected chi connectivity index (χ2v) is 13.9. The number of benzene rings is 8. The average molecular weight is 702 g/mol. The number of rotatable bonds is 5. The molecule has 0 radical (unpaired) electrons. The summed E-state index contributed by atoms with van der Waals surface area (Å²) in [4.78, 5) is 15.6. The third-order valence-electron chi connectivity index (χ3n) is 10.7. The Balaban J connectivity index is 1.18. The van der Waals surface area contributed by atoms with E-state index in [-0.39, 0.29) is 0 Å². The summed E-state index contributed by atoms with van der Waals surface area (Å²) in [5.41, 5.74) is 12.9. The number of pyridine rings is 1. The molecular formula is C51H31N3O. The van der Waals surface area contributed by atoms with Crippen molar-refractivity contribution in [2.24, 2.45) is 0 Å². The Morgan fingerprint density at radius 3 is 1.65 bits per heavy atom. The molecule has 55 heavy (non-hydrogen) atoms.